The van der Waals surface area contributed by atoms with Crippen LogP contribution in [0.4, 0.5) is 0 Å². The molecule has 0 bridgehead atoms. The van der Waals surface area contributed by atoms with Crippen LogP contribution in [0.3, 0.4) is 0 Å². The highest BCUT2D eigenvalue weighted by Crippen LogP contribution is 2.22. The Morgan fingerprint density at radius 3 is 2.65 bits per heavy atom. The fourth-order valence-electron chi connectivity index (χ4n) is 1.71. The standard InChI is InChI=1S/C14H18ClNO4/c1-20-12-8-11(15)7-6-10(12)9-16-13(17)4-2-3-5-14(18)19/h6-8H,2-5,9H2,1H3,(H,16,17)(H,18,19). The number of methoxy groups -OCH3 is 1. The number of halogens is 1. The molecule has 1 rings (SSSR count). The molecular formula is C14H18ClNO4. The number of amides is 1. The summed E-state index contributed by atoms with van der Waals surface area (Å²) >= 11 is 5.85. The van der Waals surface area contributed by atoms with E-state index >= 15 is 0 Å². The lowest BCUT2D eigenvalue weighted by Crippen LogP contribution is -2.22. The minimum absolute atomic E-state index is 0.0955. The first-order valence-electron chi connectivity index (χ1n) is 6.34. The van der Waals surface area contributed by atoms with E-state index in [1.807, 2.05) is 0 Å². The van der Waals surface area contributed by atoms with Gasteiger partial charge in [0.1, 0.15) is 5.75 Å². The molecule has 0 atom stereocenters. The molecule has 0 spiro atoms. The number of carboxylic acids is 1. The molecular weight excluding hydrogens is 282 g/mol. The highest BCUT2D eigenvalue weighted by atomic mass is 35.5. The molecule has 0 radical (unpaired) electrons. The maximum Gasteiger partial charge on any atom is 0.303 e. The minimum atomic E-state index is -0.837. The number of hydrogen-bond acceptors (Lipinski definition) is 3. The monoisotopic (exact) mass is 299 g/mol. The fraction of sp³-hybridized carbons (Fsp3) is 0.429. The topological polar surface area (TPSA) is 75.6 Å². The average molecular weight is 300 g/mol. The third-order valence-electron chi connectivity index (χ3n) is 2.77. The van der Waals surface area contributed by atoms with E-state index < -0.39 is 5.97 Å². The summed E-state index contributed by atoms with van der Waals surface area (Å²) in [7, 11) is 1.54. The van der Waals surface area contributed by atoms with E-state index in [4.69, 9.17) is 21.4 Å². The summed E-state index contributed by atoms with van der Waals surface area (Å²) in [5.41, 5.74) is 0.843. The lowest BCUT2D eigenvalue weighted by atomic mass is 10.1. The zero-order valence-electron chi connectivity index (χ0n) is 11.3. The summed E-state index contributed by atoms with van der Waals surface area (Å²) in [6, 6.07) is 5.22. The van der Waals surface area contributed by atoms with Gasteiger partial charge in [0.2, 0.25) is 5.91 Å². The van der Waals surface area contributed by atoms with Crippen molar-refractivity contribution in [1.29, 1.82) is 0 Å². The molecule has 0 aliphatic rings. The predicted octanol–water partition coefficient (Wildman–Crippen LogP) is 2.61. The van der Waals surface area contributed by atoms with Crippen LogP contribution in [0.2, 0.25) is 5.02 Å². The fourth-order valence-corrected chi connectivity index (χ4v) is 1.87. The van der Waals surface area contributed by atoms with Gasteiger partial charge >= 0.3 is 5.97 Å². The van der Waals surface area contributed by atoms with Crippen molar-refractivity contribution >= 4 is 23.5 Å². The number of carbonyl (C=O) groups excluding carboxylic acids is 1. The molecule has 0 fully saturated rings. The van der Waals surface area contributed by atoms with Gasteiger partial charge in [-0.25, -0.2) is 0 Å². The Morgan fingerprint density at radius 1 is 1.30 bits per heavy atom. The van der Waals surface area contributed by atoms with Gasteiger partial charge in [-0.1, -0.05) is 17.7 Å². The van der Waals surface area contributed by atoms with E-state index in [1.54, 1.807) is 25.3 Å². The van der Waals surface area contributed by atoms with Crippen LogP contribution in [0.1, 0.15) is 31.2 Å². The van der Waals surface area contributed by atoms with Crippen molar-refractivity contribution in [2.75, 3.05) is 7.11 Å². The number of carbonyl (C=O) groups is 2. The predicted molar refractivity (Wildman–Crippen MR) is 76.0 cm³/mol. The van der Waals surface area contributed by atoms with Gasteiger partial charge in [-0.2, -0.15) is 0 Å². The van der Waals surface area contributed by atoms with Gasteiger partial charge in [-0.05, 0) is 25.0 Å². The van der Waals surface area contributed by atoms with Crippen LogP contribution in [0, 0.1) is 0 Å². The smallest absolute Gasteiger partial charge is 0.303 e. The molecule has 1 aromatic rings. The molecule has 5 nitrogen and oxygen atoms in total. The molecule has 20 heavy (non-hydrogen) atoms. The second-order valence-electron chi connectivity index (χ2n) is 4.33. The molecule has 1 amide bonds. The molecule has 0 aliphatic carbocycles. The average Bonchev–Trinajstić information content (AvgIpc) is 2.41. The molecule has 0 aromatic heterocycles. The summed E-state index contributed by atoms with van der Waals surface area (Å²) in [6.07, 6.45) is 1.49. The van der Waals surface area contributed by atoms with Gasteiger partial charge in [-0.15, -0.1) is 0 Å². The van der Waals surface area contributed by atoms with E-state index in [0.717, 1.165) is 5.56 Å². The van der Waals surface area contributed by atoms with Gasteiger partial charge < -0.3 is 15.2 Å². The first-order chi connectivity index (χ1) is 9.52. The molecule has 0 aliphatic heterocycles. The van der Waals surface area contributed by atoms with Gasteiger partial charge in [-0.3, -0.25) is 9.59 Å². The van der Waals surface area contributed by atoms with Crippen LogP contribution in [-0.2, 0) is 16.1 Å². The zero-order valence-corrected chi connectivity index (χ0v) is 12.1. The lowest BCUT2D eigenvalue weighted by Gasteiger charge is -2.10. The maximum atomic E-state index is 11.6. The second-order valence-corrected chi connectivity index (χ2v) is 4.77. The van der Waals surface area contributed by atoms with E-state index in [9.17, 15) is 9.59 Å². The molecule has 0 saturated heterocycles. The quantitative estimate of drug-likeness (QED) is 0.724. The first-order valence-corrected chi connectivity index (χ1v) is 6.71. The van der Waals surface area contributed by atoms with Crippen LogP contribution in [0.5, 0.6) is 5.75 Å². The van der Waals surface area contributed by atoms with E-state index in [2.05, 4.69) is 5.32 Å². The molecule has 6 heteroatoms. The number of unbranched alkanes of at least 4 members (excludes halogenated alkanes) is 1. The van der Waals surface area contributed by atoms with Gasteiger partial charge in [0.15, 0.2) is 0 Å². The van der Waals surface area contributed by atoms with Crippen LogP contribution in [-0.4, -0.2) is 24.1 Å². The molecule has 110 valence electrons. The highest BCUT2D eigenvalue weighted by molar-refractivity contribution is 6.30. The van der Waals surface area contributed by atoms with Crippen molar-refractivity contribution in [3.8, 4) is 5.75 Å². The number of benzene rings is 1. The largest absolute Gasteiger partial charge is 0.496 e. The number of ether oxygens (including phenoxy) is 1. The molecule has 0 heterocycles. The van der Waals surface area contributed by atoms with Crippen molar-refractivity contribution in [3.63, 3.8) is 0 Å². The van der Waals surface area contributed by atoms with Crippen molar-refractivity contribution < 1.29 is 19.4 Å². The highest BCUT2D eigenvalue weighted by Gasteiger charge is 2.07. The van der Waals surface area contributed by atoms with Crippen LogP contribution < -0.4 is 10.1 Å². The summed E-state index contributed by atoms with van der Waals surface area (Å²) in [5.74, 6) is -0.313. The molecule has 0 saturated carbocycles. The van der Waals surface area contributed by atoms with Crippen LogP contribution in [0.15, 0.2) is 18.2 Å². The third kappa shape index (κ3) is 5.93. The Labute approximate surface area is 122 Å². The Hall–Kier alpha value is -1.75. The third-order valence-corrected chi connectivity index (χ3v) is 3.00. The molecule has 1 aromatic carbocycles. The van der Waals surface area contributed by atoms with E-state index in [-0.39, 0.29) is 12.3 Å². The number of nitrogens with one attached hydrogen (secondary N) is 1. The van der Waals surface area contributed by atoms with E-state index in [0.29, 0.717) is 36.6 Å². The zero-order chi connectivity index (χ0) is 15.0. The Morgan fingerprint density at radius 2 is 2.00 bits per heavy atom. The minimum Gasteiger partial charge on any atom is -0.496 e. The van der Waals surface area contributed by atoms with Gasteiger partial charge in [0, 0.05) is 30.0 Å². The van der Waals surface area contributed by atoms with Gasteiger partial charge in [0.25, 0.3) is 0 Å². The number of hydrogen-bond donors (Lipinski definition) is 2. The second kappa shape index (κ2) is 8.43. The van der Waals surface area contributed by atoms with Gasteiger partial charge in [0.05, 0.1) is 7.11 Å². The maximum absolute atomic E-state index is 11.6. The number of rotatable bonds is 8. The summed E-state index contributed by atoms with van der Waals surface area (Å²) in [4.78, 5) is 21.9. The lowest BCUT2D eigenvalue weighted by molar-refractivity contribution is -0.137. The summed E-state index contributed by atoms with van der Waals surface area (Å²) < 4.78 is 5.18. The van der Waals surface area contributed by atoms with Crippen molar-refractivity contribution in [2.24, 2.45) is 0 Å². The van der Waals surface area contributed by atoms with Crippen LogP contribution in [0.25, 0.3) is 0 Å². The van der Waals surface area contributed by atoms with Crippen LogP contribution >= 0.6 is 11.6 Å². The van der Waals surface area contributed by atoms with Crippen molar-refractivity contribution in [1.82, 2.24) is 5.32 Å². The van der Waals surface area contributed by atoms with Crippen molar-refractivity contribution in [2.45, 2.75) is 32.2 Å². The van der Waals surface area contributed by atoms with Crippen molar-refractivity contribution in [3.05, 3.63) is 28.8 Å². The SMILES string of the molecule is COc1cc(Cl)ccc1CNC(=O)CCCCC(=O)O. The Bertz CT molecular complexity index is 476. The first kappa shape index (κ1) is 16.3. The van der Waals surface area contributed by atoms with E-state index in [1.165, 1.54) is 0 Å². The Kier molecular flexibility index (Phi) is 6.87. The molecule has 0 unspecified atom stereocenters. The molecule has 2 N–H and O–H groups in total. The Balaban J connectivity index is 2.35. The number of aliphatic carboxylic acids is 1. The summed E-state index contributed by atoms with van der Waals surface area (Å²) in [6.45, 7) is 0.359. The number of carboxylic acid groups (broad SMARTS) is 1. The summed E-state index contributed by atoms with van der Waals surface area (Å²) in [5, 5.41) is 11.8. The normalized spacial score (nSPS) is 10.1.